The van der Waals surface area contributed by atoms with Crippen LogP contribution in [-0.2, 0) is 12.0 Å². The summed E-state index contributed by atoms with van der Waals surface area (Å²) in [5.74, 6) is -0.311. The third-order valence-electron chi connectivity index (χ3n) is 8.04. The van der Waals surface area contributed by atoms with Crippen LogP contribution in [0.1, 0.15) is 53.1 Å². The first-order chi connectivity index (χ1) is 20.7. The molecule has 0 aliphatic carbocycles. The second kappa shape index (κ2) is 11.5. The number of para-hydroxylation sites is 1. The predicted octanol–water partition coefficient (Wildman–Crippen LogP) is 7.26. The van der Waals surface area contributed by atoms with Crippen LogP contribution in [0, 0.1) is 11.6 Å². The van der Waals surface area contributed by atoms with Crippen molar-refractivity contribution in [3.8, 4) is 22.6 Å². The van der Waals surface area contributed by atoms with Gasteiger partial charge in [-0.25, -0.2) is 13.8 Å². The molecule has 1 amide bonds. The Labute approximate surface area is 249 Å². The van der Waals surface area contributed by atoms with Gasteiger partial charge in [0.25, 0.3) is 5.91 Å². The third-order valence-corrected chi connectivity index (χ3v) is 8.04. The van der Waals surface area contributed by atoms with Crippen LogP contribution < -0.4 is 11.5 Å². The molecular weight excluding hydrogens is 546 g/mol. The van der Waals surface area contributed by atoms with Crippen LogP contribution >= 0.6 is 0 Å². The van der Waals surface area contributed by atoms with Gasteiger partial charge in [-0.2, -0.15) is 0 Å². The summed E-state index contributed by atoms with van der Waals surface area (Å²) in [6, 6.07) is 25.7. The Morgan fingerprint density at radius 2 is 1.74 bits per heavy atom. The van der Waals surface area contributed by atoms with E-state index >= 15 is 0 Å². The van der Waals surface area contributed by atoms with Gasteiger partial charge in [-0.1, -0.05) is 54.6 Å². The number of amides is 1. The fourth-order valence-corrected chi connectivity index (χ4v) is 5.80. The third kappa shape index (κ3) is 5.79. The van der Waals surface area contributed by atoms with Crippen LogP contribution in [-0.4, -0.2) is 22.3 Å². The molecule has 1 aliphatic heterocycles. The lowest BCUT2D eigenvalue weighted by atomic mass is 9.92. The zero-order valence-corrected chi connectivity index (χ0v) is 23.8. The maximum Gasteiger partial charge on any atom is 0.254 e. The molecule has 0 radical (unpaired) electrons. The molecule has 1 saturated heterocycles. The number of nitrogens with two attached hydrogens (primary N) is 2. The van der Waals surface area contributed by atoms with E-state index < -0.39 is 11.4 Å². The average molecular weight is 579 g/mol. The highest BCUT2D eigenvalue weighted by molar-refractivity contribution is 5.98. The van der Waals surface area contributed by atoms with Gasteiger partial charge < -0.3 is 20.8 Å². The first-order valence-electron chi connectivity index (χ1n) is 14.2. The number of oxazole rings is 1. The van der Waals surface area contributed by atoms with Gasteiger partial charge in [-0.3, -0.25) is 4.79 Å². The normalized spacial score (nSPS) is 16.3. The standard InChI is InChI=1S/C35H32F2N4O2/c1-35(39,20-22-7-3-2-4-8-22)31-21-40-33(43-31)25-17-24(28-9-5-10-29(37)32(28)38)18-26(19-25)34(42)41-16-6-11-30(41)23-12-14-27(36)15-13-23/h2-5,7-10,12-15,17-19,21,30H,6,11,16,20,38-39H2,1H3/t30?,35-/m1/s1. The summed E-state index contributed by atoms with van der Waals surface area (Å²) in [7, 11) is 0. The number of nitrogen functional groups attached to an aromatic ring is 1. The highest BCUT2D eigenvalue weighted by Gasteiger charge is 2.32. The van der Waals surface area contributed by atoms with E-state index in [4.69, 9.17) is 15.9 Å². The number of anilines is 1. The van der Waals surface area contributed by atoms with Crippen LogP contribution in [0.5, 0.6) is 0 Å². The summed E-state index contributed by atoms with van der Waals surface area (Å²) in [5, 5.41) is 0. The van der Waals surface area contributed by atoms with Crippen LogP contribution in [0.4, 0.5) is 14.5 Å². The second-order valence-corrected chi connectivity index (χ2v) is 11.3. The average Bonchev–Trinajstić information content (AvgIpc) is 3.70. The Balaban J connectivity index is 1.39. The van der Waals surface area contributed by atoms with E-state index in [1.54, 1.807) is 53.6 Å². The molecule has 6 nitrogen and oxygen atoms in total. The van der Waals surface area contributed by atoms with E-state index in [9.17, 15) is 13.6 Å². The van der Waals surface area contributed by atoms with Crippen LogP contribution in [0.15, 0.2) is 102 Å². The van der Waals surface area contributed by atoms with Crippen LogP contribution in [0.25, 0.3) is 22.6 Å². The largest absolute Gasteiger partial charge is 0.439 e. The molecule has 0 saturated carbocycles. The minimum Gasteiger partial charge on any atom is -0.439 e. The quantitative estimate of drug-likeness (QED) is 0.198. The molecule has 43 heavy (non-hydrogen) atoms. The topological polar surface area (TPSA) is 98.4 Å². The molecule has 1 aliphatic rings. The number of hydrogen-bond donors (Lipinski definition) is 2. The lowest BCUT2D eigenvalue weighted by Crippen LogP contribution is -2.35. The van der Waals surface area contributed by atoms with E-state index in [-0.39, 0.29) is 29.3 Å². The molecule has 2 atom stereocenters. The van der Waals surface area contributed by atoms with Crippen molar-refractivity contribution in [1.29, 1.82) is 0 Å². The molecule has 6 rings (SSSR count). The highest BCUT2D eigenvalue weighted by Crippen LogP contribution is 2.37. The number of rotatable bonds is 7. The molecule has 1 aromatic heterocycles. The van der Waals surface area contributed by atoms with Crippen molar-refractivity contribution in [2.75, 3.05) is 12.3 Å². The van der Waals surface area contributed by atoms with Crippen molar-refractivity contribution in [2.45, 2.75) is 37.8 Å². The number of nitrogens with zero attached hydrogens (tertiary/aromatic N) is 2. The number of benzene rings is 4. The van der Waals surface area contributed by atoms with Crippen molar-refractivity contribution in [1.82, 2.24) is 9.88 Å². The summed E-state index contributed by atoms with van der Waals surface area (Å²) in [4.78, 5) is 20.4. The molecule has 218 valence electrons. The first kappa shape index (κ1) is 28.3. The SMILES string of the molecule is C[C@@](N)(Cc1ccccc1)c1cnc(-c2cc(C(=O)N3CCCC3c3ccc(F)cc3)cc(-c3cccc(F)c3N)c2)o1. The van der Waals surface area contributed by atoms with Gasteiger partial charge in [0.05, 0.1) is 23.5 Å². The van der Waals surface area contributed by atoms with Crippen LogP contribution in [0.2, 0.25) is 0 Å². The van der Waals surface area contributed by atoms with Gasteiger partial charge in [0.1, 0.15) is 17.4 Å². The van der Waals surface area contributed by atoms with Crippen molar-refractivity contribution in [3.63, 3.8) is 0 Å². The molecule has 5 aromatic rings. The molecule has 1 unspecified atom stereocenters. The van der Waals surface area contributed by atoms with Gasteiger partial charge in [-0.05, 0) is 79.3 Å². The summed E-state index contributed by atoms with van der Waals surface area (Å²) in [5.41, 5.74) is 15.8. The van der Waals surface area contributed by atoms with E-state index in [1.807, 2.05) is 37.3 Å². The lowest BCUT2D eigenvalue weighted by Gasteiger charge is -2.26. The predicted molar refractivity (Wildman–Crippen MR) is 163 cm³/mol. The number of hydrogen-bond acceptors (Lipinski definition) is 5. The molecule has 0 bridgehead atoms. The smallest absolute Gasteiger partial charge is 0.254 e. The minimum atomic E-state index is -0.840. The van der Waals surface area contributed by atoms with E-state index in [1.165, 1.54) is 18.2 Å². The molecule has 8 heteroatoms. The summed E-state index contributed by atoms with van der Waals surface area (Å²) < 4.78 is 34.3. The number of likely N-dealkylation sites (tertiary alicyclic amines) is 1. The lowest BCUT2D eigenvalue weighted by molar-refractivity contribution is 0.0735. The van der Waals surface area contributed by atoms with Crippen molar-refractivity contribution >= 4 is 11.6 Å². The Morgan fingerprint density at radius 3 is 2.51 bits per heavy atom. The Morgan fingerprint density at radius 1 is 1.00 bits per heavy atom. The summed E-state index contributed by atoms with van der Waals surface area (Å²) >= 11 is 0. The summed E-state index contributed by atoms with van der Waals surface area (Å²) in [6.07, 6.45) is 3.72. The maximum absolute atomic E-state index is 14.5. The van der Waals surface area contributed by atoms with E-state index in [2.05, 4.69) is 4.98 Å². The molecule has 0 spiro atoms. The highest BCUT2D eigenvalue weighted by atomic mass is 19.1. The van der Waals surface area contributed by atoms with Gasteiger partial charge in [0, 0.05) is 23.2 Å². The van der Waals surface area contributed by atoms with Gasteiger partial charge in [-0.15, -0.1) is 0 Å². The number of carbonyl (C=O) groups is 1. The number of aromatic nitrogens is 1. The minimum absolute atomic E-state index is 0.0195. The fraction of sp³-hybridized carbons (Fsp3) is 0.200. The van der Waals surface area contributed by atoms with Gasteiger partial charge in [0.15, 0.2) is 0 Å². The van der Waals surface area contributed by atoms with E-state index in [0.717, 1.165) is 24.0 Å². The van der Waals surface area contributed by atoms with Crippen LogP contribution in [0.3, 0.4) is 0 Å². The second-order valence-electron chi connectivity index (χ2n) is 11.3. The Kier molecular flexibility index (Phi) is 7.54. The Hall–Kier alpha value is -4.82. The first-order valence-corrected chi connectivity index (χ1v) is 14.2. The van der Waals surface area contributed by atoms with Crippen molar-refractivity contribution in [3.05, 3.63) is 131 Å². The monoisotopic (exact) mass is 578 g/mol. The van der Waals surface area contributed by atoms with E-state index in [0.29, 0.717) is 41.0 Å². The molecule has 1 fully saturated rings. The molecule has 4 N–H and O–H groups in total. The van der Waals surface area contributed by atoms with Gasteiger partial charge >= 0.3 is 0 Å². The zero-order valence-electron chi connectivity index (χ0n) is 23.8. The zero-order chi connectivity index (χ0) is 30.1. The molecule has 4 aromatic carbocycles. The van der Waals surface area contributed by atoms with Crippen molar-refractivity contribution in [2.24, 2.45) is 5.73 Å². The maximum atomic E-state index is 14.5. The number of carbonyl (C=O) groups excluding carboxylic acids is 1. The van der Waals surface area contributed by atoms with Crippen molar-refractivity contribution < 1.29 is 18.0 Å². The molecule has 2 heterocycles. The number of halogens is 2. The van der Waals surface area contributed by atoms with Gasteiger partial charge in [0.2, 0.25) is 5.89 Å². The Bertz CT molecular complexity index is 1770. The fourth-order valence-electron chi connectivity index (χ4n) is 5.80. The summed E-state index contributed by atoms with van der Waals surface area (Å²) in [6.45, 7) is 2.43. The molecular formula is C35H32F2N4O2.